The van der Waals surface area contributed by atoms with Gasteiger partial charge in [-0.1, -0.05) is 6.07 Å². The van der Waals surface area contributed by atoms with E-state index in [9.17, 15) is 9.18 Å². The molecule has 0 radical (unpaired) electrons. The lowest BCUT2D eigenvalue weighted by Gasteiger charge is -2.09. The highest BCUT2D eigenvalue weighted by atomic mass is 19.1. The molecule has 7 heteroatoms. The Kier molecular flexibility index (Phi) is 7.24. The van der Waals surface area contributed by atoms with E-state index in [1.54, 1.807) is 42.5 Å². The number of halogens is 1. The van der Waals surface area contributed by atoms with Crippen molar-refractivity contribution in [2.75, 3.05) is 19.8 Å². The molecule has 1 amide bonds. The lowest BCUT2D eigenvalue weighted by molar-refractivity contribution is 0.0944. The molecule has 0 aliphatic heterocycles. The summed E-state index contributed by atoms with van der Waals surface area (Å²) in [6, 6.07) is 14.5. The normalized spacial score (nSPS) is 10.6. The van der Waals surface area contributed by atoms with Gasteiger partial charge >= 0.3 is 0 Å². The van der Waals surface area contributed by atoms with Crippen LogP contribution in [-0.2, 0) is 4.74 Å². The highest BCUT2D eigenvalue weighted by Gasteiger charge is 2.08. The summed E-state index contributed by atoms with van der Waals surface area (Å²) in [5.41, 5.74) is 1.85. The molecule has 0 atom stereocenters. The summed E-state index contributed by atoms with van der Waals surface area (Å²) >= 11 is 0. The summed E-state index contributed by atoms with van der Waals surface area (Å²) in [5.74, 6) is 0.318. The van der Waals surface area contributed by atoms with Crippen molar-refractivity contribution in [2.45, 2.75) is 13.3 Å². The van der Waals surface area contributed by atoms with Crippen LogP contribution in [-0.4, -0.2) is 35.6 Å². The van der Waals surface area contributed by atoms with E-state index in [-0.39, 0.29) is 11.7 Å². The first kappa shape index (κ1) is 20.4. The van der Waals surface area contributed by atoms with Crippen molar-refractivity contribution in [2.24, 2.45) is 0 Å². The van der Waals surface area contributed by atoms with Crippen molar-refractivity contribution in [3.8, 4) is 22.9 Å². The second kappa shape index (κ2) is 10.3. The predicted molar refractivity (Wildman–Crippen MR) is 107 cm³/mol. The Balaban J connectivity index is 1.65. The van der Waals surface area contributed by atoms with Gasteiger partial charge in [0.25, 0.3) is 5.91 Å². The number of ether oxygens (including phenoxy) is 2. The van der Waals surface area contributed by atoms with E-state index in [0.29, 0.717) is 42.6 Å². The topological polar surface area (TPSA) is 73.3 Å². The van der Waals surface area contributed by atoms with Crippen molar-refractivity contribution in [1.82, 2.24) is 15.3 Å². The first-order chi connectivity index (χ1) is 14.2. The van der Waals surface area contributed by atoms with Gasteiger partial charge in [-0.25, -0.2) is 14.4 Å². The van der Waals surface area contributed by atoms with Gasteiger partial charge in [0, 0.05) is 37.0 Å². The zero-order chi connectivity index (χ0) is 20.5. The minimum absolute atomic E-state index is 0.179. The number of carbonyl (C=O) groups is 1. The molecule has 6 nitrogen and oxygen atoms in total. The zero-order valence-electron chi connectivity index (χ0n) is 16.1. The number of rotatable bonds is 9. The number of amides is 1. The van der Waals surface area contributed by atoms with Crippen LogP contribution in [0, 0.1) is 5.82 Å². The van der Waals surface area contributed by atoms with Crippen LogP contribution in [0.4, 0.5) is 4.39 Å². The molecule has 1 aromatic heterocycles. The van der Waals surface area contributed by atoms with E-state index in [1.165, 1.54) is 18.5 Å². The highest BCUT2D eigenvalue weighted by molar-refractivity contribution is 5.94. The van der Waals surface area contributed by atoms with Crippen LogP contribution in [0.15, 0.2) is 60.9 Å². The zero-order valence-corrected chi connectivity index (χ0v) is 16.1. The summed E-state index contributed by atoms with van der Waals surface area (Å²) in [6.45, 7) is 3.75. The molecule has 3 rings (SSSR count). The van der Waals surface area contributed by atoms with Crippen molar-refractivity contribution < 1.29 is 18.7 Å². The quantitative estimate of drug-likeness (QED) is 0.549. The lowest BCUT2D eigenvalue weighted by Crippen LogP contribution is -2.25. The van der Waals surface area contributed by atoms with E-state index in [2.05, 4.69) is 15.3 Å². The fraction of sp³-hybridized carbons (Fsp3) is 0.227. The van der Waals surface area contributed by atoms with Gasteiger partial charge in [-0.2, -0.15) is 0 Å². The fourth-order valence-electron chi connectivity index (χ4n) is 2.62. The third-order valence-electron chi connectivity index (χ3n) is 4.06. The molecule has 0 unspecified atom stereocenters. The third kappa shape index (κ3) is 6.08. The smallest absolute Gasteiger partial charge is 0.251 e. The van der Waals surface area contributed by atoms with Crippen LogP contribution in [0.1, 0.15) is 23.7 Å². The Bertz CT molecular complexity index is 948. The summed E-state index contributed by atoms with van der Waals surface area (Å²) in [5, 5.41) is 2.85. The van der Waals surface area contributed by atoms with Crippen molar-refractivity contribution in [3.63, 3.8) is 0 Å². The summed E-state index contributed by atoms with van der Waals surface area (Å²) < 4.78 is 24.1. The maximum Gasteiger partial charge on any atom is 0.251 e. The van der Waals surface area contributed by atoms with E-state index in [0.717, 1.165) is 12.0 Å². The Hall–Kier alpha value is -3.32. The maximum absolute atomic E-state index is 13.1. The molecule has 1 heterocycles. The molecule has 0 saturated heterocycles. The molecule has 0 fully saturated rings. The molecule has 0 aliphatic rings. The van der Waals surface area contributed by atoms with Crippen LogP contribution in [0.3, 0.4) is 0 Å². The van der Waals surface area contributed by atoms with Crippen molar-refractivity contribution in [3.05, 3.63) is 72.3 Å². The molecule has 0 bridgehead atoms. The van der Waals surface area contributed by atoms with Gasteiger partial charge in [-0.15, -0.1) is 0 Å². The minimum atomic E-state index is -0.313. The van der Waals surface area contributed by atoms with Crippen LogP contribution >= 0.6 is 0 Å². The van der Waals surface area contributed by atoms with Gasteiger partial charge in [0.15, 0.2) is 0 Å². The number of hydrogen-bond acceptors (Lipinski definition) is 5. The van der Waals surface area contributed by atoms with Crippen LogP contribution in [0.5, 0.6) is 11.6 Å². The van der Waals surface area contributed by atoms with Gasteiger partial charge in [-0.3, -0.25) is 4.79 Å². The summed E-state index contributed by atoms with van der Waals surface area (Å²) in [7, 11) is 0. The molecule has 29 heavy (non-hydrogen) atoms. The fourth-order valence-corrected chi connectivity index (χ4v) is 2.62. The number of nitrogens with one attached hydrogen (secondary N) is 1. The third-order valence-corrected chi connectivity index (χ3v) is 4.06. The predicted octanol–water partition coefficient (Wildman–Crippen LogP) is 4.23. The van der Waals surface area contributed by atoms with Gasteiger partial charge in [-0.05, 0) is 55.8 Å². The van der Waals surface area contributed by atoms with Gasteiger partial charge in [0.05, 0.1) is 5.69 Å². The van der Waals surface area contributed by atoms with E-state index < -0.39 is 0 Å². The first-order valence-corrected chi connectivity index (χ1v) is 9.37. The van der Waals surface area contributed by atoms with Gasteiger partial charge in [0.2, 0.25) is 5.88 Å². The minimum Gasteiger partial charge on any atom is -0.439 e. The second-order valence-electron chi connectivity index (χ2n) is 6.18. The number of nitrogens with zero attached hydrogens (tertiary/aromatic N) is 2. The maximum atomic E-state index is 13.1. The first-order valence-electron chi connectivity index (χ1n) is 9.37. The molecule has 3 aromatic rings. The largest absolute Gasteiger partial charge is 0.439 e. The number of benzene rings is 2. The Morgan fingerprint density at radius 1 is 1.10 bits per heavy atom. The summed E-state index contributed by atoms with van der Waals surface area (Å²) in [6.07, 6.45) is 2.13. The standard InChI is InChI=1S/C22H22FN3O3/c1-2-28-12-4-11-24-22(27)17-5-3-6-19(13-17)29-21-14-20(25-15-26-21)16-7-9-18(23)10-8-16/h3,5-10,13-15H,2,4,11-12H2,1H3,(H,24,27). The van der Waals surface area contributed by atoms with Crippen molar-refractivity contribution in [1.29, 1.82) is 0 Å². The molecule has 0 spiro atoms. The van der Waals surface area contributed by atoms with Gasteiger partial charge < -0.3 is 14.8 Å². The monoisotopic (exact) mass is 395 g/mol. The Morgan fingerprint density at radius 3 is 2.72 bits per heavy atom. The number of aromatic nitrogens is 2. The van der Waals surface area contributed by atoms with Crippen LogP contribution < -0.4 is 10.1 Å². The molecule has 150 valence electrons. The molecular formula is C22H22FN3O3. The van der Waals surface area contributed by atoms with Crippen molar-refractivity contribution >= 4 is 5.91 Å². The van der Waals surface area contributed by atoms with Crippen LogP contribution in [0.25, 0.3) is 11.3 Å². The van der Waals surface area contributed by atoms with E-state index in [1.807, 2.05) is 6.92 Å². The molecule has 1 N–H and O–H groups in total. The Morgan fingerprint density at radius 2 is 1.93 bits per heavy atom. The second-order valence-corrected chi connectivity index (χ2v) is 6.18. The molecular weight excluding hydrogens is 373 g/mol. The molecule has 0 aliphatic carbocycles. The van der Waals surface area contributed by atoms with E-state index >= 15 is 0 Å². The van der Waals surface area contributed by atoms with Gasteiger partial charge in [0.1, 0.15) is 17.9 Å². The number of carbonyl (C=O) groups excluding carboxylic acids is 1. The molecule has 0 saturated carbocycles. The van der Waals surface area contributed by atoms with E-state index in [4.69, 9.17) is 9.47 Å². The average molecular weight is 395 g/mol. The number of hydrogen-bond donors (Lipinski definition) is 1. The highest BCUT2D eigenvalue weighted by Crippen LogP contribution is 2.24. The molecule has 2 aromatic carbocycles. The van der Waals surface area contributed by atoms with Crippen LogP contribution in [0.2, 0.25) is 0 Å². The Labute approximate surface area is 168 Å². The summed E-state index contributed by atoms with van der Waals surface area (Å²) in [4.78, 5) is 20.6. The average Bonchev–Trinajstić information content (AvgIpc) is 2.74. The SMILES string of the molecule is CCOCCCNC(=O)c1cccc(Oc2cc(-c3ccc(F)cc3)ncn2)c1. The lowest BCUT2D eigenvalue weighted by atomic mass is 10.1.